The number of thioether (sulfide) groups is 2. The molecule has 0 unspecified atom stereocenters. The van der Waals surface area contributed by atoms with Gasteiger partial charge < -0.3 is 9.47 Å². The Hall–Kier alpha value is -1.02. The van der Waals surface area contributed by atoms with Gasteiger partial charge in [0.15, 0.2) is 0 Å². The SMILES string of the molecule is CC(C)[C@H]1CC[C@H](C)C[C@@H]1OC(=O)[C@@]1(C)N=C2S[C@](C)(C(=O)O[C@H]3C[C@@H](C)CC[C@@H]3C(C)C)N=C2S1. The highest BCUT2D eigenvalue weighted by molar-refractivity contribution is 8.28. The monoisotopic (exact) mass is 536 g/mol. The number of hydrogen-bond acceptors (Lipinski definition) is 8. The van der Waals surface area contributed by atoms with Crippen LogP contribution in [0.25, 0.3) is 0 Å². The fourth-order valence-electron chi connectivity index (χ4n) is 6.21. The Bertz CT molecular complexity index is 861. The maximum Gasteiger partial charge on any atom is 0.344 e. The van der Waals surface area contributed by atoms with Gasteiger partial charge in [0, 0.05) is 0 Å². The third-order valence-electron chi connectivity index (χ3n) is 8.60. The molecule has 36 heavy (non-hydrogen) atoms. The summed E-state index contributed by atoms with van der Waals surface area (Å²) in [5.74, 6) is 2.22. The van der Waals surface area contributed by atoms with Crippen molar-refractivity contribution in [2.75, 3.05) is 0 Å². The van der Waals surface area contributed by atoms with Crippen molar-refractivity contribution in [3.8, 4) is 0 Å². The van der Waals surface area contributed by atoms with E-state index in [9.17, 15) is 9.59 Å². The van der Waals surface area contributed by atoms with Crippen molar-refractivity contribution < 1.29 is 19.1 Å². The van der Waals surface area contributed by atoms with Gasteiger partial charge in [0.25, 0.3) is 0 Å². The Morgan fingerprint density at radius 1 is 0.750 bits per heavy atom. The lowest BCUT2D eigenvalue weighted by atomic mass is 9.75. The summed E-state index contributed by atoms with van der Waals surface area (Å²) in [7, 11) is 0. The molecule has 0 aromatic carbocycles. The van der Waals surface area contributed by atoms with Gasteiger partial charge in [-0.05, 0) is 75.0 Å². The Labute approximate surface area is 225 Å². The Kier molecular flexibility index (Phi) is 8.26. The average molecular weight is 537 g/mol. The van der Waals surface area contributed by atoms with Crippen LogP contribution in [0, 0.1) is 35.5 Å². The zero-order chi connectivity index (χ0) is 26.4. The Morgan fingerprint density at radius 2 is 1.11 bits per heavy atom. The number of aliphatic imine (C=N–C) groups is 2. The van der Waals surface area contributed by atoms with Crippen LogP contribution in [0.1, 0.15) is 93.9 Å². The molecule has 2 saturated carbocycles. The Morgan fingerprint density at radius 3 is 1.44 bits per heavy atom. The van der Waals surface area contributed by atoms with E-state index >= 15 is 0 Å². The minimum absolute atomic E-state index is 0.0686. The van der Waals surface area contributed by atoms with Crippen LogP contribution in [-0.2, 0) is 19.1 Å². The van der Waals surface area contributed by atoms with Crippen LogP contribution in [0.4, 0.5) is 0 Å². The second kappa shape index (κ2) is 10.6. The molecule has 0 saturated heterocycles. The van der Waals surface area contributed by atoms with E-state index < -0.39 is 9.74 Å². The number of carbonyl (C=O) groups excluding carboxylic acids is 2. The van der Waals surface area contributed by atoms with Crippen molar-refractivity contribution in [1.82, 2.24) is 0 Å². The van der Waals surface area contributed by atoms with Crippen LogP contribution in [0.2, 0.25) is 0 Å². The van der Waals surface area contributed by atoms with E-state index in [2.05, 4.69) is 41.5 Å². The summed E-state index contributed by atoms with van der Waals surface area (Å²) in [6.45, 7) is 16.9. The lowest BCUT2D eigenvalue weighted by Crippen LogP contribution is -2.41. The number of ether oxygens (including phenoxy) is 2. The molecular formula is C28H44N2O4S2. The second-order valence-corrected chi connectivity index (χ2v) is 15.3. The van der Waals surface area contributed by atoms with Gasteiger partial charge in [-0.2, -0.15) is 0 Å². The quantitative estimate of drug-likeness (QED) is 0.351. The second-order valence-electron chi connectivity index (χ2n) is 12.5. The number of esters is 2. The lowest BCUT2D eigenvalue weighted by Gasteiger charge is -2.38. The van der Waals surface area contributed by atoms with Gasteiger partial charge in [-0.1, -0.05) is 77.9 Å². The predicted octanol–water partition coefficient (Wildman–Crippen LogP) is 6.72. The molecule has 4 aliphatic rings. The maximum absolute atomic E-state index is 13.3. The fourth-order valence-corrected chi connectivity index (χ4v) is 8.58. The van der Waals surface area contributed by atoms with Gasteiger partial charge in [0.05, 0.1) is 0 Å². The maximum atomic E-state index is 13.3. The van der Waals surface area contributed by atoms with Crippen molar-refractivity contribution in [3.63, 3.8) is 0 Å². The molecule has 6 nitrogen and oxygen atoms in total. The molecule has 2 aliphatic heterocycles. The van der Waals surface area contributed by atoms with Crippen molar-refractivity contribution in [2.45, 2.75) is 116 Å². The molecule has 0 amide bonds. The van der Waals surface area contributed by atoms with Gasteiger partial charge in [0.1, 0.15) is 22.3 Å². The molecule has 2 aliphatic carbocycles. The molecule has 8 heteroatoms. The van der Waals surface area contributed by atoms with Gasteiger partial charge in [-0.25, -0.2) is 19.6 Å². The summed E-state index contributed by atoms with van der Waals surface area (Å²) in [6, 6.07) is 0. The fraction of sp³-hybridized carbons (Fsp3) is 0.857. The topological polar surface area (TPSA) is 77.3 Å². The van der Waals surface area contributed by atoms with E-state index in [1.54, 1.807) is 13.8 Å². The molecule has 0 bridgehead atoms. The molecule has 2 heterocycles. The Balaban J connectivity index is 1.41. The number of nitrogens with zero attached hydrogens (tertiary/aromatic N) is 2. The van der Waals surface area contributed by atoms with Crippen molar-refractivity contribution in [2.24, 2.45) is 45.5 Å². The van der Waals surface area contributed by atoms with Crippen molar-refractivity contribution in [3.05, 3.63) is 0 Å². The van der Waals surface area contributed by atoms with Crippen LogP contribution in [0.15, 0.2) is 9.98 Å². The van der Waals surface area contributed by atoms with Crippen LogP contribution >= 0.6 is 23.5 Å². The smallest absolute Gasteiger partial charge is 0.344 e. The molecule has 0 N–H and O–H groups in total. The molecule has 0 spiro atoms. The normalized spacial score (nSPS) is 40.6. The summed E-state index contributed by atoms with van der Waals surface area (Å²) in [5, 5.41) is 1.29. The van der Waals surface area contributed by atoms with Gasteiger partial charge >= 0.3 is 11.9 Å². The average Bonchev–Trinajstić information content (AvgIpc) is 3.25. The molecule has 8 atom stereocenters. The van der Waals surface area contributed by atoms with Gasteiger partial charge in [-0.15, -0.1) is 0 Å². The van der Waals surface area contributed by atoms with Crippen molar-refractivity contribution in [1.29, 1.82) is 0 Å². The summed E-state index contributed by atoms with van der Waals surface area (Å²) in [6.07, 6.45) is 6.23. The first-order valence-electron chi connectivity index (χ1n) is 13.8. The molecule has 2 fully saturated rings. The minimum Gasteiger partial charge on any atom is -0.460 e. The van der Waals surface area contributed by atoms with E-state index in [4.69, 9.17) is 19.5 Å². The third-order valence-corrected chi connectivity index (χ3v) is 11.0. The van der Waals surface area contributed by atoms with Gasteiger partial charge in [0.2, 0.25) is 9.74 Å². The van der Waals surface area contributed by atoms with Crippen LogP contribution in [0.5, 0.6) is 0 Å². The number of fused-ring (bicyclic) bond motifs is 1. The first-order valence-corrected chi connectivity index (χ1v) is 15.4. The highest BCUT2D eigenvalue weighted by Gasteiger charge is 2.53. The lowest BCUT2D eigenvalue weighted by molar-refractivity contribution is -0.159. The number of carbonyl (C=O) groups is 2. The van der Waals surface area contributed by atoms with Crippen molar-refractivity contribution >= 4 is 45.5 Å². The predicted molar refractivity (Wildman–Crippen MR) is 149 cm³/mol. The number of hydrogen-bond donors (Lipinski definition) is 0. The minimum atomic E-state index is -1.06. The number of rotatable bonds is 6. The van der Waals surface area contributed by atoms with E-state index in [0.717, 1.165) is 25.7 Å². The first kappa shape index (κ1) is 28.0. The summed E-state index contributed by atoms with van der Waals surface area (Å²) in [4.78, 5) is 34.0. The third kappa shape index (κ3) is 5.69. The van der Waals surface area contributed by atoms with E-state index in [0.29, 0.717) is 45.6 Å². The van der Waals surface area contributed by atoms with E-state index in [1.165, 1.54) is 36.4 Å². The molecule has 0 radical (unpaired) electrons. The summed E-state index contributed by atoms with van der Waals surface area (Å²) < 4.78 is 12.2. The van der Waals surface area contributed by atoms with Crippen LogP contribution in [-0.4, -0.2) is 44.0 Å². The van der Waals surface area contributed by atoms with Gasteiger partial charge in [-0.3, -0.25) is 0 Å². The standard InChI is InChI=1S/C28H44N2O4S2/c1-15(2)19-11-9-17(5)13-21(19)33-25(31)27(7)29-23-24(35-27)30-28(8,36-23)26(32)34-22-14-18(6)10-12-20(22)16(3)4/h15-22H,9-14H2,1-8H3/t17-,18-,19+,20+,21-,22-,27-,28+/m0/s1. The first-order chi connectivity index (χ1) is 16.8. The van der Waals surface area contributed by atoms with Crippen LogP contribution in [0.3, 0.4) is 0 Å². The zero-order valence-electron chi connectivity index (χ0n) is 23.2. The van der Waals surface area contributed by atoms with E-state index in [1.807, 2.05) is 0 Å². The largest absolute Gasteiger partial charge is 0.460 e. The molecule has 4 rings (SSSR count). The molecule has 0 aromatic heterocycles. The van der Waals surface area contributed by atoms with Crippen LogP contribution < -0.4 is 0 Å². The highest BCUT2D eigenvalue weighted by atomic mass is 32.2. The molecule has 202 valence electrons. The molecule has 0 aromatic rings. The summed E-state index contributed by atoms with van der Waals surface area (Å²) >= 11 is 2.61. The summed E-state index contributed by atoms with van der Waals surface area (Å²) in [5.41, 5.74) is 0. The zero-order valence-corrected chi connectivity index (χ0v) is 24.8. The van der Waals surface area contributed by atoms with E-state index in [-0.39, 0.29) is 24.1 Å². The molecular weight excluding hydrogens is 492 g/mol. The highest BCUT2D eigenvalue weighted by Crippen LogP contribution is 2.49.